The number of piperazine rings is 1. The van der Waals surface area contributed by atoms with Crippen LogP contribution in [0.3, 0.4) is 0 Å². The standard InChI is InChI=1S/C20H31ClN4O5S/c1-20(2,3)30-19(27)25-13-11-24(12-14-25)10-9-22-18(26)7-8-23-31(28,29)17-6-4-5-16(21)15-17/h4-6,15,23H,7-14H2,1-3H3,(H,22,26). The average molecular weight is 475 g/mol. The molecule has 1 fully saturated rings. The van der Waals surface area contributed by atoms with Crippen molar-refractivity contribution in [1.82, 2.24) is 19.8 Å². The van der Waals surface area contributed by atoms with Gasteiger partial charge in [0.05, 0.1) is 4.90 Å². The first-order valence-corrected chi connectivity index (χ1v) is 12.0. The maximum absolute atomic E-state index is 12.2. The molecule has 1 aromatic carbocycles. The normalized spacial score (nSPS) is 15.5. The van der Waals surface area contributed by atoms with Crippen LogP contribution in [0.4, 0.5) is 4.79 Å². The molecule has 1 aromatic rings. The number of sulfonamides is 1. The summed E-state index contributed by atoms with van der Waals surface area (Å²) in [4.78, 5) is 28.0. The molecule has 174 valence electrons. The molecular formula is C20H31ClN4O5S. The fourth-order valence-electron chi connectivity index (χ4n) is 2.94. The molecular weight excluding hydrogens is 444 g/mol. The molecule has 1 aliphatic heterocycles. The number of nitrogens with one attached hydrogen (secondary N) is 2. The largest absolute Gasteiger partial charge is 0.444 e. The highest BCUT2D eigenvalue weighted by atomic mass is 35.5. The molecule has 0 unspecified atom stereocenters. The third kappa shape index (κ3) is 9.02. The molecule has 11 heteroatoms. The molecule has 1 saturated heterocycles. The fourth-order valence-corrected chi connectivity index (χ4v) is 4.27. The van der Waals surface area contributed by atoms with Gasteiger partial charge in [0.2, 0.25) is 15.9 Å². The highest BCUT2D eigenvalue weighted by molar-refractivity contribution is 7.89. The Kier molecular flexibility index (Phi) is 9.11. The van der Waals surface area contributed by atoms with Gasteiger partial charge in [-0.1, -0.05) is 17.7 Å². The topological polar surface area (TPSA) is 108 Å². The van der Waals surface area contributed by atoms with Crippen LogP contribution in [0.2, 0.25) is 5.02 Å². The molecule has 0 saturated carbocycles. The fraction of sp³-hybridized carbons (Fsp3) is 0.600. The van der Waals surface area contributed by atoms with Crippen molar-refractivity contribution in [3.05, 3.63) is 29.3 Å². The van der Waals surface area contributed by atoms with Crippen molar-refractivity contribution >= 4 is 33.6 Å². The van der Waals surface area contributed by atoms with Crippen molar-refractivity contribution in [2.45, 2.75) is 37.7 Å². The molecule has 31 heavy (non-hydrogen) atoms. The minimum absolute atomic E-state index is 0.00472. The molecule has 0 radical (unpaired) electrons. The summed E-state index contributed by atoms with van der Waals surface area (Å²) < 4.78 is 32.2. The van der Waals surface area contributed by atoms with Gasteiger partial charge >= 0.3 is 6.09 Å². The number of hydrogen-bond donors (Lipinski definition) is 2. The molecule has 2 amide bonds. The SMILES string of the molecule is CC(C)(C)OC(=O)N1CCN(CCNC(=O)CCNS(=O)(=O)c2cccc(Cl)c2)CC1. The van der Waals surface area contributed by atoms with Gasteiger partial charge in [-0.25, -0.2) is 17.9 Å². The van der Waals surface area contributed by atoms with Gasteiger partial charge in [-0.05, 0) is 39.0 Å². The number of nitrogens with zero attached hydrogens (tertiary/aromatic N) is 2. The zero-order chi connectivity index (χ0) is 23.1. The lowest BCUT2D eigenvalue weighted by molar-refractivity contribution is -0.121. The lowest BCUT2D eigenvalue weighted by atomic mass is 10.2. The van der Waals surface area contributed by atoms with Crippen molar-refractivity contribution in [3.8, 4) is 0 Å². The summed E-state index contributed by atoms with van der Waals surface area (Å²) in [6, 6.07) is 5.94. The summed E-state index contributed by atoms with van der Waals surface area (Å²) >= 11 is 5.82. The van der Waals surface area contributed by atoms with Crippen LogP contribution in [0.1, 0.15) is 27.2 Å². The number of benzene rings is 1. The zero-order valence-electron chi connectivity index (χ0n) is 18.2. The molecule has 1 aliphatic rings. The number of hydrogen-bond acceptors (Lipinski definition) is 6. The molecule has 9 nitrogen and oxygen atoms in total. The number of amides is 2. The van der Waals surface area contributed by atoms with Crippen molar-refractivity contribution in [2.24, 2.45) is 0 Å². The van der Waals surface area contributed by atoms with E-state index in [2.05, 4.69) is 14.9 Å². The second kappa shape index (κ2) is 11.1. The van der Waals surface area contributed by atoms with E-state index >= 15 is 0 Å². The first-order chi connectivity index (χ1) is 14.5. The Bertz CT molecular complexity index is 865. The van der Waals surface area contributed by atoms with E-state index in [1.807, 2.05) is 20.8 Å². The Morgan fingerprint density at radius 3 is 2.42 bits per heavy atom. The van der Waals surface area contributed by atoms with E-state index in [9.17, 15) is 18.0 Å². The monoisotopic (exact) mass is 474 g/mol. The molecule has 1 heterocycles. The van der Waals surface area contributed by atoms with Gasteiger partial charge in [0.15, 0.2) is 0 Å². The van der Waals surface area contributed by atoms with Gasteiger partial charge in [0.1, 0.15) is 5.60 Å². The smallest absolute Gasteiger partial charge is 0.410 e. The summed E-state index contributed by atoms with van der Waals surface area (Å²) in [5, 5.41) is 3.11. The van der Waals surface area contributed by atoms with Crippen LogP contribution in [0.5, 0.6) is 0 Å². The van der Waals surface area contributed by atoms with E-state index in [0.717, 1.165) is 0 Å². The minimum atomic E-state index is -3.71. The molecule has 0 aromatic heterocycles. The number of ether oxygens (including phenoxy) is 1. The van der Waals surface area contributed by atoms with Crippen LogP contribution in [0.15, 0.2) is 29.2 Å². The van der Waals surface area contributed by atoms with Crippen LogP contribution >= 0.6 is 11.6 Å². The maximum atomic E-state index is 12.2. The first kappa shape index (κ1) is 25.4. The Morgan fingerprint density at radius 1 is 1.13 bits per heavy atom. The quantitative estimate of drug-likeness (QED) is 0.593. The third-order valence-electron chi connectivity index (χ3n) is 4.52. The van der Waals surface area contributed by atoms with E-state index in [0.29, 0.717) is 44.3 Å². The van der Waals surface area contributed by atoms with Gasteiger partial charge in [0.25, 0.3) is 0 Å². The highest BCUT2D eigenvalue weighted by Gasteiger charge is 2.25. The summed E-state index contributed by atoms with van der Waals surface area (Å²) in [7, 11) is -3.71. The van der Waals surface area contributed by atoms with Crippen LogP contribution in [0.25, 0.3) is 0 Å². The van der Waals surface area contributed by atoms with E-state index in [1.165, 1.54) is 12.1 Å². The van der Waals surface area contributed by atoms with Crippen molar-refractivity contribution in [1.29, 1.82) is 0 Å². The predicted molar refractivity (Wildman–Crippen MR) is 119 cm³/mol. The number of carbonyl (C=O) groups is 2. The Morgan fingerprint density at radius 2 is 1.81 bits per heavy atom. The second-order valence-electron chi connectivity index (χ2n) is 8.26. The summed E-state index contributed by atoms with van der Waals surface area (Å²) in [6.45, 7) is 9.18. The minimum Gasteiger partial charge on any atom is -0.444 e. The van der Waals surface area contributed by atoms with Gasteiger partial charge in [-0.3, -0.25) is 9.69 Å². The number of carbonyl (C=O) groups excluding carboxylic acids is 2. The maximum Gasteiger partial charge on any atom is 0.410 e. The molecule has 2 rings (SSSR count). The third-order valence-corrected chi connectivity index (χ3v) is 6.22. The summed E-state index contributed by atoms with van der Waals surface area (Å²) in [6.07, 6.45) is -0.271. The van der Waals surface area contributed by atoms with Gasteiger partial charge in [-0.2, -0.15) is 0 Å². The lowest BCUT2D eigenvalue weighted by Gasteiger charge is -2.35. The van der Waals surface area contributed by atoms with Crippen molar-refractivity contribution < 1.29 is 22.7 Å². The van der Waals surface area contributed by atoms with Gasteiger partial charge < -0.3 is 15.0 Å². The summed E-state index contributed by atoms with van der Waals surface area (Å²) in [5.41, 5.74) is -0.513. The number of halogens is 1. The van der Waals surface area contributed by atoms with Gasteiger partial charge in [-0.15, -0.1) is 0 Å². The Hall–Kier alpha value is -1.88. The predicted octanol–water partition coefficient (Wildman–Crippen LogP) is 1.68. The van der Waals surface area contributed by atoms with E-state index in [1.54, 1.807) is 17.0 Å². The Balaban J connectivity index is 1.62. The number of rotatable bonds is 8. The second-order valence-corrected chi connectivity index (χ2v) is 10.5. The average Bonchev–Trinajstić information content (AvgIpc) is 2.67. The summed E-state index contributed by atoms with van der Waals surface area (Å²) in [5.74, 6) is -0.235. The zero-order valence-corrected chi connectivity index (χ0v) is 19.8. The lowest BCUT2D eigenvalue weighted by Crippen LogP contribution is -2.51. The van der Waals surface area contributed by atoms with Crippen LogP contribution < -0.4 is 10.0 Å². The molecule has 0 spiro atoms. The Labute approximate surface area is 189 Å². The van der Waals surface area contributed by atoms with Crippen molar-refractivity contribution in [3.63, 3.8) is 0 Å². The van der Waals surface area contributed by atoms with E-state index < -0.39 is 15.6 Å². The van der Waals surface area contributed by atoms with E-state index in [-0.39, 0.29) is 29.9 Å². The molecule has 0 bridgehead atoms. The van der Waals surface area contributed by atoms with Crippen LogP contribution in [-0.2, 0) is 19.6 Å². The molecule has 2 N–H and O–H groups in total. The molecule has 0 aliphatic carbocycles. The van der Waals surface area contributed by atoms with Gasteiger partial charge in [0, 0.05) is 57.3 Å². The van der Waals surface area contributed by atoms with Crippen LogP contribution in [0, 0.1) is 0 Å². The van der Waals surface area contributed by atoms with Crippen LogP contribution in [-0.4, -0.2) is 81.6 Å². The molecule has 0 atom stereocenters. The highest BCUT2D eigenvalue weighted by Crippen LogP contribution is 2.15. The van der Waals surface area contributed by atoms with Crippen molar-refractivity contribution in [2.75, 3.05) is 45.8 Å². The first-order valence-electron chi connectivity index (χ1n) is 10.2. The van der Waals surface area contributed by atoms with E-state index in [4.69, 9.17) is 16.3 Å².